The molecule has 0 saturated carbocycles. The van der Waals surface area contributed by atoms with Crippen molar-refractivity contribution in [1.82, 2.24) is 10.9 Å². The largest absolute Gasteiger partial charge is 0.495 e. The van der Waals surface area contributed by atoms with Gasteiger partial charge in [-0.3, -0.25) is 20.5 Å². The van der Waals surface area contributed by atoms with E-state index >= 15 is 0 Å². The summed E-state index contributed by atoms with van der Waals surface area (Å²) in [4.78, 5) is 19.3. The minimum Gasteiger partial charge on any atom is -0.495 e. The number of carbonyl (C=O) groups excluding carboxylic acids is 1. The van der Waals surface area contributed by atoms with Gasteiger partial charge in [-0.25, -0.2) is 10.4 Å². The molecule has 2 aromatic rings. The van der Waals surface area contributed by atoms with Crippen molar-refractivity contribution in [3.05, 3.63) is 53.1 Å². The molecule has 0 spiro atoms. The van der Waals surface area contributed by atoms with Gasteiger partial charge in [0.25, 0.3) is 0 Å². The van der Waals surface area contributed by atoms with Crippen molar-refractivity contribution in [2.75, 3.05) is 23.1 Å². The summed E-state index contributed by atoms with van der Waals surface area (Å²) in [7, 11) is 1.56. The van der Waals surface area contributed by atoms with Crippen molar-refractivity contribution in [1.29, 1.82) is 5.41 Å². The zero-order valence-corrected chi connectivity index (χ0v) is 19.6. The lowest BCUT2D eigenvalue weighted by molar-refractivity contribution is -0.113. The van der Waals surface area contributed by atoms with Gasteiger partial charge in [0.15, 0.2) is 5.17 Å². The fraction of sp³-hybridized carbons (Fsp3) is 0.318. The zero-order chi connectivity index (χ0) is 22.8. The number of amidine groups is 2. The van der Waals surface area contributed by atoms with E-state index in [2.05, 4.69) is 16.2 Å². The average molecular weight is 473 g/mol. The fourth-order valence-electron chi connectivity index (χ4n) is 3.82. The zero-order valence-electron chi connectivity index (χ0n) is 18.0. The average Bonchev–Trinajstić information content (AvgIpc) is 3.15. The molecule has 168 valence electrons. The Morgan fingerprint density at radius 2 is 2.09 bits per heavy atom. The molecule has 0 radical (unpaired) electrons. The highest BCUT2D eigenvalue weighted by Crippen LogP contribution is 2.34. The smallest absolute Gasteiger partial charge is 0.234 e. The van der Waals surface area contributed by atoms with Crippen LogP contribution in [0.5, 0.6) is 5.75 Å². The molecule has 4 N–H and O–H groups in total. The number of nitrogens with zero attached hydrogens (tertiary/aromatic N) is 2. The fourth-order valence-corrected chi connectivity index (χ4v) is 4.83. The van der Waals surface area contributed by atoms with Crippen LogP contribution in [0.2, 0.25) is 5.02 Å². The summed E-state index contributed by atoms with van der Waals surface area (Å²) in [6.45, 7) is 3.99. The number of halogens is 1. The Kier molecular flexibility index (Phi) is 6.71. The van der Waals surface area contributed by atoms with Crippen LogP contribution in [0, 0.1) is 18.3 Å². The van der Waals surface area contributed by atoms with E-state index in [4.69, 9.17) is 26.7 Å². The maximum absolute atomic E-state index is 12.7. The number of methoxy groups -OCH3 is 1. The molecule has 0 aliphatic carbocycles. The number of thioether (sulfide) groups is 1. The van der Waals surface area contributed by atoms with Crippen LogP contribution in [-0.2, 0) is 4.79 Å². The van der Waals surface area contributed by atoms with Crippen molar-refractivity contribution in [2.45, 2.75) is 26.1 Å². The number of aliphatic imine (C=N–C) groups is 1. The van der Waals surface area contributed by atoms with Gasteiger partial charge in [0.1, 0.15) is 17.8 Å². The molecule has 8 nitrogen and oxygen atoms in total. The Bertz CT molecular complexity index is 1080. The predicted molar refractivity (Wildman–Crippen MR) is 131 cm³/mol. The maximum Gasteiger partial charge on any atom is 0.234 e. The molecule has 1 amide bonds. The molecule has 1 saturated heterocycles. The second kappa shape index (κ2) is 9.50. The van der Waals surface area contributed by atoms with Gasteiger partial charge >= 0.3 is 0 Å². The van der Waals surface area contributed by atoms with Crippen LogP contribution in [-0.4, -0.2) is 42.0 Å². The van der Waals surface area contributed by atoms with E-state index in [0.29, 0.717) is 27.5 Å². The van der Waals surface area contributed by atoms with Crippen LogP contribution in [0.1, 0.15) is 12.5 Å². The molecule has 2 aliphatic heterocycles. The summed E-state index contributed by atoms with van der Waals surface area (Å²) in [5, 5.41) is 13.0. The molecular formula is C22H25ClN6O2S. The van der Waals surface area contributed by atoms with Crippen molar-refractivity contribution >= 4 is 51.6 Å². The molecule has 10 heteroatoms. The number of carbonyl (C=O) groups is 1. The second-order valence-corrected chi connectivity index (χ2v) is 9.03. The quantitative estimate of drug-likeness (QED) is 0.530. The van der Waals surface area contributed by atoms with Gasteiger partial charge in [-0.05, 0) is 43.7 Å². The number of amides is 1. The standard InChI is InChI=1S/C22H25ClN6O2S/c1-12-8-9-14(23)10-16(12)29-20(24)19-13(2)27-28-21(19)26-22(29)32-11-18(30)25-15-6-4-5-7-17(15)31-3/h4-10,13,19,21,24,27-28H,11H2,1-3H3,(H,25,30). The lowest BCUT2D eigenvalue weighted by Gasteiger charge is -2.36. The normalized spacial score (nSPS) is 22.4. The van der Waals surface area contributed by atoms with Crippen molar-refractivity contribution in [3.63, 3.8) is 0 Å². The maximum atomic E-state index is 12.7. The van der Waals surface area contributed by atoms with Crippen molar-refractivity contribution in [2.24, 2.45) is 10.9 Å². The van der Waals surface area contributed by atoms with Gasteiger partial charge in [0, 0.05) is 11.1 Å². The number of benzene rings is 2. The first kappa shape index (κ1) is 22.6. The summed E-state index contributed by atoms with van der Waals surface area (Å²) in [6, 6.07) is 12.9. The number of nitrogens with one attached hydrogen (secondary N) is 4. The topological polar surface area (TPSA) is 102 Å². The Morgan fingerprint density at radius 1 is 1.31 bits per heavy atom. The van der Waals surface area contributed by atoms with Gasteiger partial charge in [-0.2, -0.15) is 0 Å². The van der Waals surface area contributed by atoms with E-state index in [1.54, 1.807) is 24.1 Å². The van der Waals surface area contributed by atoms with Gasteiger partial charge in [0.05, 0.1) is 30.2 Å². The number of hydrazine groups is 1. The van der Waals surface area contributed by atoms with Crippen LogP contribution in [0.4, 0.5) is 11.4 Å². The summed E-state index contributed by atoms with van der Waals surface area (Å²) >= 11 is 7.55. The second-order valence-electron chi connectivity index (χ2n) is 7.65. The first-order valence-corrected chi connectivity index (χ1v) is 11.5. The molecule has 2 heterocycles. The molecular weight excluding hydrogens is 448 g/mol. The predicted octanol–water partition coefficient (Wildman–Crippen LogP) is 3.62. The molecule has 0 aromatic heterocycles. The molecule has 2 aromatic carbocycles. The van der Waals surface area contributed by atoms with E-state index < -0.39 is 0 Å². The highest BCUT2D eigenvalue weighted by molar-refractivity contribution is 8.14. The van der Waals surface area contributed by atoms with E-state index in [0.717, 1.165) is 11.3 Å². The highest BCUT2D eigenvalue weighted by Gasteiger charge is 2.44. The highest BCUT2D eigenvalue weighted by atomic mass is 35.5. The Hall–Kier alpha value is -2.59. The monoisotopic (exact) mass is 472 g/mol. The molecule has 0 bridgehead atoms. The van der Waals surface area contributed by atoms with Crippen LogP contribution < -0.4 is 25.8 Å². The third-order valence-corrected chi connectivity index (χ3v) is 6.65. The minimum absolute atomic E-state index is 0.0404. The number of hydrogen-bond donors (Lipinski definition) is 4. The van der Waals surface area contributed by atoms with E-state index in [9.17, 15) is 4.79 Å². The lowest BCUT2D eigenvalue weighted by atomic mass is 9.96. The number of rotatable bonds is 5. The Labute approximate surface area is 196 Å². The number of para-hydroxylation sites is 2. The number of fused-ring (bicyclic) bond motifs is 1. The SMILES string of the molecule is COc1ccccc1NC(=O)CSC1=NC2NNC(C)C2C(=N)N1c1cc(Cl)ccc1C. The molecule has 2 aliphatic rings. The number of anilines is 2. The molecule has 1 fully saturated rings. The van der Waals surface area contributed by atoms with Crippen LogP contribution in [0.25, 0.3) is 0 Å². The Morgan fingerprint density at radius 3 is 2.88 bits per heavy atom. The van der Waals surface area contributed by atoms with Gasteiger partial charge in [-0.1, -0.05) is 41.6 Å². The van der Waals surface area contributed by atoms with Crippen LogP contribution >= 0.6 is 23.4 Å². The van der Waals surface area contributed by atoms with Gasteiger partial charge < -0.3 is 10.1 Å². The van der Waals surface area contributed by atoms with Gasteiger partial charge in [0.2, 0.25) is 5.91 Å². The molecule has 3 atom stereocenters. The number of aryl methyl sites for hydroxylation is 1. The summed E-state index contributed by atoms with van der Waals surface area (Å²) in [5.74, 6) is 0.801. The summed E-state index contributed by atoms with van der Waals surface area (Å²) in [5.41, 5.74) is 8.68. The van der Waals surface area contributed by atoms with E-state index in [1.165, 1.54) is 11.8 Å². The third kappa shape index (κ3) is 4.47. The summed E-state index contributed by atoms with van der Waals surface area (Å²) in [6.07, 6.45) is -0.270. The third-order valence-electron chi connectivity index (χ3n) is 5.46. The minimum atomic E-state index is -0.270. The number of hydrogen-bond acceptors (Lipinski definition) is 7. The summed E-state index contributed by atoms with van der Waals surface area (Å²) < 4.78 is 5.30. The first-order valence-electron chi connectivity index (χ1n) is 10.2. The molecule has 32 heavy (non-hydrogen) atoms. The van der Waals surface area contributed by atoms with Crippen LogP contribution in [0.3, 0.4) is 0 Å². The first-order chi connectivity index (χ1) is 15.4. The Balaban J connectivity index is 1.58. The van der Waals surface area contributed by atoms with E-state index in [-0.39, 0.29) is 29.8 Å². The molecule has 3 unspecified atom stereocenters. The van der Waals surface area contributed by atoms with Crippen molar-refractivity contribution in [3.8, 4) is 5.75 Å². The number of ether oxygens (including phenoxy) is 1. The van der Waals surface area contributed by atoms with E-state index in [1.807, 2.05) is 44.2 Å². The van der Waals surface area contributed by atoms with Crippen LogP contribution in [0.15, 0.2) is 47.5 Å². The molecule has 4 rings (SSSR count). The lowest BCUT2D eigenvalue weighted by Crippen LogP contribution is -2.50. The van der Waals surface area contributed by atoms with Gasteiger partial charge in [-0.15, -0.1) is 0 Å². The van der Waals surface area contributed by atoms with Crippen molar-refractivity contribution < 1.29 is 9.53 Å².